The van der Waals surface area contributed by atoms with Crippen LogP contribution in [0.2, 0.25) is 0 Å². The second-order valence-corrected chi connectivity index (χ2v) is 4.89. The molecule has 0 unspecified atom stereocenters. The van der Waals surface area contributed by atoms with Crippen molar-refractivity contribution < 1.29 is 9.47 Å². The Labute approximate surface area is 160 Å². The molecule has 24 heavy (non-hydrogen) atoms. The molecule has 130 valence electrons. The number of ether oxygens (including phenoxy) is 2. The van der Waals surface area contributed by atoms with Crippen LogP contribution in [0.1, 0.15) is 13.3 Å². The molecule has 2 rings (SSSR count). The maximum atomic E-state index is 5.88. The highest BCUT2D eigenvalue weighted by Gasteiger charge is 2.00. The summed E-state index contributed by atoms with van der Waals surface area (Å²) in [5, 5.41) is 3.07. The summed E-state index contributed by atoms with van der Waals surface area (Å²) in [5.74, 6) is 1.92. The van der Waals surface area contributed by atoms with E-state index in [4.69, 9.17) is 15.2 Å². The molecule has 0 aliphatic rings. The van der Waals surface area contributed by atoms with Crippen LogP contribution < -0.4 is 15.8 Å². The number of nitrogens with one attached hydrogen (secondary N) is 1. The van der Waals surface area contributed by atoms with Gasteiger partial charge in [-0.2, -0.15) is 0 Å². The van der Waals surface area contributed by atoms with E-state index in [0.29, 0.717) is 19.1 Å². The number of nitrogens with two attached hydrogens (primary N) is 1. The molecule has 0 saturated carbocycles. The number of nitrogens with zero attached hydrogens (tertiary/aromatic N) is 1. The second kappa shape index (κ2) is 11.7. The monoisotopic (exact) mass is 441 g/mol. The molecule has 2 aromatic carbocycles. The average Bonchev–Trinajstić information content (AvgIpc) is 2.56. The Morgan fingerprint density at radius 2 is 1.83 bits per heavy atom. The van der Waals surface area contributed by atoms with Gasteiger partial charge in [0.05, 0.1) is 0 Å². The Kier molecular flexibility index (Phi) is 9.86. The number of para-hydroxylation sites is 1. The maximum Gasteiger partial charge on any atom is 0.193 e. The minimum atomic E-state index is 0. The highest BCUT2D eigenvalue weighted by molar-refractivity contribution is 14.0. The number of guanidine groups is 1. The second-order valence-electron chi connectivity index (χ2n) is 4.89. The van der Waals surface area contributed by atoms with Gasteiger partial charge in [-0.3, -0.25) is 4.99 Å². The summed E-state index contributed by atoms with van der Waals surface area (Å²) in [5.41, 5.74) is 6.72. The fraction of sp³-hybridized carbons (Fsp3) is 0.278. The van der Waals surface area contributed by atoms with Crippen molar-refractivity contribution in [3.63, 3.8) is 0 Å². The van der Waals surface area contributed by atoms with E-state index >= 15 is 0 Å². The maximum absolute atomic E-state index is 5.88. The van der Waals surface area contributed by atoms with E-state index < -0.39 is 0 Å². The summed E-state index contributed by atoms with van der Waals surface area (Å²) in [6.07, 6.45) is 0.855. The molecule has 0 atom stereocenters. The molecule has 6 heteroatoms. The van der Waals surface area contributed by atoms with Crippen LogP contribution in [0.4, 0.5) is 5.69 Å². The number of halogens is 1. The molecule has 0 aliphatic heterocycles. The van der Waals surface area contributed by atoms with Crippen molar-refractivity contribution in [3.8, 4) is 11.5 Å². The zero-order chi connectivity index (χ0) is 16.3. The predicted molar refractivity (Wildman–Crippen MR) is 110 cm³/mol. The molecule has 2 aromatic rings. The van der Waals surface area contributed by atoms with E-state index in [-0.39, 0.29) is 24.0 Å². The van der Waals surface area contributed by atoms with Crippen LogP contribution in [-0.2, 0) is 4.74 Å². The molecule has 0 aliphatic carbocycles. The highest BCUT2D eigenvalue weighted by atomic mass is 127. The minimum Gasteiger partial charge on any atom is -0.457 e. The van der Waals surface area contributed by atoms with Crippen LogP contribution in [0.5, 0.6) is 11.5 Å². The summed E-state index contributed by atoms with van der Waals surface area (Å²) in [4.78, 5) is 4.27. The fourth-order valence-electron chi connectivity index (χ4n) is 1.96. The molecule has 0 fully saturated rings. The first-order valence-corrected chi connectivity index (χ1v) is 7.75. The highest BCUT2D eigenvalue weighted by Crippen LogP contribution is 2.23. The average molecular weight is 441 g/mol. The lowest BCUT2D eigenvalue weighted by atomic mass is 10.3. The lowest BCUT2D eigenvalue weighted by Crippen LogP contribution is -2.23. The van der Waals surface area contributed by atoms with Gasteiger partial charge < -0.3 is 20.5 Å². The van der Waals surface area contributed by atoms with Gasteiger partial charge in [0, 0.05) is 31.5 Å². The Bertz CT molecular complexity index is 621. The Balaban J connectivity index is 0.00000288. The molecule has 0 heterocycles. The molecule has 0 aromatic heterocycles. The number of hydrogen-bond donors (Lipinski definition) is 2. The predicted octanol–water partition coefficient (Wildman–Crippen LogP) is 4.25. The zero-order valence-corrected chi connectivity index (χ0v) is 16.1. The Morgan fingerprint density at radius 3 is 2.58 bits per heavy atom. The molecular weight excluding hydrogens is 417 g/mol. The summed E-state index contributed by atoms with van der Waals surface area (Å²) >= 11 is 0. The van der Waals surface area contributed by atoms with Crippen molar-refractivity contribution in [2.75, 3.05) is 25.1 Å². The van der Waals surface area contributed by atoms with Crippen LogP contribution in [0, 0.1) is 0 Å². The molecular formula is C18H24IN3O2. The van der Waals surface area contributed by atoms with E-state index in [1.54, 1.807) is 0 Å². The lowest BCUT2D eigenvalue weighted by molar-refractivity contribution is 0.146. The van der Waals surface area contributed by atoms with Crippen LogP contribution >= 0.6 is 24.0 Å². The fourth-order valence-corrected chi connectivity index (χ4v) is 1.96. The third kappa shape index (κ3) is 7.65. The van der Waals surface area contributed by atoms with Gasteiger partial charge >= 0.3 is 0 Å². The van der Waals surface area contributed by atoms with Crippen molar-refractivity contribution in [1.82, 2.24) is 0 Å². The summed E-state index contributed by atoms with van der Waals surface area (Å²) in [7, 11) is 0. The van der Waals surface area contributed by atoms with E-state index in [9.17, 15) is 0 Å². The van der Waals surface area contributed by atoms with Crippen molar-refractivity contribution in [2.45, 2.75) is 13.3 Å². The van der Waals surface area contributed by atoms with E-state index in [1.807, 2.05) is 61.5 Å². The van der Waals surface area contributed by atoms with Crippen LogP contribution in [-0.4, -0.2) is 25.7 Å². The van der Waals surface area contributed by atoms with Crippen LogP contribution in [0.15, 0.2) is 59.6 Å². The standard InChI is InChI=1S/C18H23N3O2.HI/c1-2-22-13-7-12-20-18(19)21-15-8-6-11-17(14-15)23-16-9-4-3-5-10-16;/h3-6,8-11,14H,2,7,12-13H2,1H3,(H3,19,20,21);1H. The van der Waals surface area contributed by atoms with Crippen LogP contribution in [0.3, 0.4) is 0 Å². The number of aliphatic imine (C=N–C) groups is 1. The Hall–Kier alpha value is -1.80. The van der Waals surface area contributed by atoms with Crippen molar-refractivity contribution in [2.24, 2.45) is 10.7 Å². The summed E-state index contributed by atoms with van der Waals surface area (Å²) in [6.45, 7) is 4.04. The number of hydrogen-bond acceptors (Lipinski definition) is 3. The molecule has 0 bridgehead atoms. The molecule has 0 saturated heterocycles. The van der Waals surface area contributed by atoms with Gasteiger partial charge in [0.25, 0.3) is 0 Å². The molecule has 3 N–H and O–H groups in total. The third-order valence-corrected chi connectivity index (χ3v) is 3.02. The molecule has 0 amide bonds. The van der Waals surface area contributed by atoms with Gasteiger partial charge in [-0.15, -0.1) is 24.0 Å². The third-order valence-electron chi connectivity index (χ3n) is 3.02. The Morgan fingerprint density at radius 1 is 1.08 bits per heavy atom. The SMILES string of the molecule is CCOCCCN=C(N)Nc1cccc(Oc2ccccc2)c1.I. The summed E-state index contributed by atoms with van der Waals surface area (Å²) in [6, 6.07) is 17.2. The van der Waals surface area contributed by atoms with Crippen molar-refractivity contribution >= 4 is 35.6 Å². The van der Waals surface area contributed by atoms with E-state index in [0.717, 1.165) is 30.2 Å². The van der Waals surface area contributed by atoms with Gasteiger partial charge in [0.1, 0.15) is 11.5 Å². The number of benzene rings is 2. The molecule has 0 radical (unpaired) electrons. The topological polar surface area (TPSA) is 68.9 Å². The quantitative estimate of drug-likeness (QED) is 0.278. The van der Waals surface area contributed by atoms with E-state index in [1.165, 1.54) is 0 Å². The van der Waals surface area contributed by atoms with Crippen molar-refractivity contribution in [3.05, 3.63) is 54.6 Å². The van der Waals surface area contributed by atoms with Gasteiger partial charge in [-0.1, -0.05) is 24.3 Å². The lowest BCUT2D eigenvalue weighted by Gasteiger charge is -2.09. The molecule has 0 spiro atoms. The number of anilines is 1. The smallest absolute Gasteiger partial charge is 0.193 e. The van der Waals surface area contributed by atoms with Crippen LogP contribution in [0.25, 0.3) is 0 Å². The van der Waals surface area contributed by atoms with E-state index in [2.05, 4.69) is 10.3 Å². The van der Waals surface area contributed by atoms with Gasteiger partial charge in [-0.25, -0.2) is 0 Å². The normalized spacial score (nSPS) is 10.8. The van der Waals surface area contributed by atoms with Gasteiger partial charge in [0.2, 0.25) is 0 Å². The van der Waals surface area contributed by atoms with Crippen molar-refractivity contribution in [1.29, 1.82) is 0 Å². The zero-order valence-electron chi connectivity index (χ0n) is 13.8. The number of rotatable bonds is 8. The largest absolute Gasteiger partial charge is 0.457 e. The van der Waals surface area contributed by atoms with Gasteiger partial charge in [0.15, 0.2) is 5.96 Å². The first-order valence-electron chi connectivity index (χ1n) is 7.75. The summed E-state index contributed by atoms with van der Waals surface area (Å²) < 4.78 is 11.0. The first-order chi connectivity index (χ1) is 11.3. The minimum absolute atomic E-state index is 0. The van der Waals surface area contributed by atoms with Gasteiger partial charge in [-0.05, 0) is 37.6 Å². The first kappa shape index (κ1) is 20.2. The molecule has 5 nitrogen and oxygen atoms in total.